The van der Waals surface area contributed by atoms with Gasteiger partial charge in [0.2, 0.25) is 5.91 Å². The summed E-state index contributed by atoms with van der Waals surface area (Å²) in [5.41, 5.74) is 2.19. The van der Waals surface area contributed by atoms with Gasteiger partial charge >= 0.3 is 0 Å². The molecule has 1 aliphatic rings. The maximum atomic E-state index is 14.0. The summed E-state index contributed by atoms with van der Waals surface area (Å²) in [5, 5.41) is 2.95. The second-order valence-corrected chi connectivity index (χ2v) is 5.56. The third kappa shape index (κ3) is 3.48. The summed E-state index contributed by atoms with van der Waals surface area (Å²) in [6.45, 7) is 0.765. The molecular weight excluding hydrogens is 265 g/mol. The second-order valence-electron chi connectivity index (χ2n) is 5.56. The van der Waals surface area contributed by atoms with E-state index < -0.39 is 0 Å². The van der Waals surface area contributed by atoms with E-state index in [0.29, 0.717) is 11.5 Å². The van der Waals surface area contributed by atoms with Crippen molar-refractivity contribution < 1.29 is 9.18 Å². The molecule has 3 heteroatoms. The molecular formula is C18H18FNO. The first-order valence-corrected chi connectivity index (χ1v) is 7.33. The van der Waals surface area contributed by atoms with E-state index in [0.717, 1.165) is 17.7 Å². The lowest BCUT2D eigenvalue weighted by Crippen LogP contribution is -2.27. The molecule has 0 bridgehead atoms. The fourth-order valence-electron chi connectivity index (χ4n) is 2.43. The van der Waals surface area contributed by atoms with E-state index in [1.165, 1.54) is 18.9 Å². The molecule has 2 aromatic carbocycles. The van der Waals surface area contributed by atoms with Crippen LogP contribution in [0.15, 0.2) is 48.5 Å². The largest absolute Gasteiger partial charge is 0.356 e. The highest BCUT2D eigenvalue weighted by molar-refractivity contribution is 5.82. The van der Waals surface area contributed by atoms with Crippen molar-refractivity contribution in [3.05, 3.63) is 59.9 Å². The zero-order chi connectivity index (χ0) is 14.7. The SMILES string of the molecule is O=C(Cc1ccccc1-c1ccccc1F)NCC1CC1. The molecule has 1 aliphatic carbocycles. The Balaban J connectivity index is 1.79. The summed E-state index contributed by atoms with van der Waals surface area (Å²) in [6.07, 6.45) is 2.72. The van der Waals surface area contributed by atoms with Crippen molar-refractivity contribution in [2.24, 2.45) is 5.92 Å². The smallest absolute Gasteiger partial charge is 0.224 e. The Morgan fingerprint density at radius 1 is 1.05 bits per heavy atom. The van der Waals surface area contributed by atoms with Crippen LogP contribution in [0.5, 0.6) is 0 Å². The van der Waals surface area contributed by atoms with Crippen LogP contribution in [0, 0.1) is 11.7 Å². The molecule has 0 spiro atoms. The molecule has 1 fully saturated rings. The van der Waals surface area contributed by atoms with Crippen LogP contribution in [0.2, 0.25) is 0 Å². The molecule has 0 aliphatic heterocycles. The average molecular weight is 283 g/mol. The van der Waals surface area contributed by atoms with Crippen molar-refractivity contribution in [1.82, 2.24) is 5.32 Å². The highest BCUT2D eigenvalue weighted by Gasteiger charge is 2.21. The molecule has 1 N–H and O–H groups in total. The Kier molecular flexibility index (Phi) is 4.00. The number of carbonyl (C=O) groups is 1. The third-order valence-corrected chi connectivity index (χ3v) is 3.82. The zero-order valence-corrected chi connectivity index (χ0v) is 11.8. The van der Waals surface area contributed by atoms with Crippen molar-refractivity contribution >= 4 is 5.91 Å². The minimum Gasteiger partial charge on any atom is -0.356 e. The van der Waals surface area contributed by atoms with Crippen LogP contribution < -0.4 is 5.32 Å². The fourth-order valence-corrected chi connectivity index (χ4v) is 2.43. The monoisotopic (exact) mass is 283 g/mol. The molecule has 108 valence electrons. The van der Waals surface area contributed by atoms with E-state index in [1.807, 2.05) is 30.3 Å². The maximum absolute atomic E-state index is 14.0. The van der Waals surface area contributed by atoms with Crippen LogP contribution in [0.3, 0.4) is 0 Å². The number of halogens is 1. The molecule has 1 amide bonds. The normalized spacial score (nSPS) is 14.0. The van der Waals surface area contributed by atoms with Crippen LogP contribution >= 0.6 is 0 Å². The number of amides is 1. The molecule has 2 aromatic rings. The number of benzene rings is 2. The molecule has 1 saturated carbocycles. The maximum Gasteiger partial charge on any atom is 0.224 e. The summed E-state index contributed by atoms with van der Waals surface area (Å²) in [4.78, 5) is 12.0. The predicted molar refractivity (Wildman–Crippen MR) is 81.3 cm³/mol. The van der Waals surface area contributed by atoms with Crippen LogP contribution in [0.25, 0.3) is 11.1 Å². The summed E-state index contributed by atoms with van der Waals surface area (Å²) < 4.78 is 14.0. The number of hydrogen-bond acceptors (Lipinski definition) is 1. The van der Waals surface area contributed by atoms with Crippen molar-refractivity contribution in [3.8, 4) is 11.1 Å². The Morgan fingerprint density at radius 2 is 1.71 bits per heavy atom. The van der Waals surface area contributed by atoms with Crippen LogP contribution in [0.4, 0.5) is 4.39 Å². The quantitative estimate of drug-likeness (QED) is 0.893. The highest BCUT2D eigenvalue weighted by Crippen LogP contribution is 2.28. The molecule has 3 rings (SSSR count). The molecule has 0 heterocycles. The lowest BCUT2D eigenvalue weighted by Gasteiger charge is -2.11. The van der Waals surface area contributed by atoms with Crippen LogP contribution in [-0.4, -0.2) is 12.5 Å². The summed E-state index contributed by atoms with van der Waals surface area (Å²) >= 11 is 0. The van der Waals surface area contributed by atoms with Gasteiger partial charge in [0.1, 0.15) is 5.82 Å². The van der Waals surface area contributed by atoms with Gasteiger partial charge in [-0.2, -0.15) is 0 Å². The first-order chi connectivity index (χ1) is 10.2. The first kappa shape index (κ1) is 13.8. The molecule has 21 heavy (non-hydrogen) atoms. The topological polar surface area (TPSA) is 29.1 Å². The summed E-state index contributed by atoms with van der Waals surface area (Å²) in [7, 11) is 0. The van der Waals surface area contributed by atoms with E-state index in [2.05, 4.69) is 5.32 Å². The first-order valence-electron chi connectivity index (χ1n) is 7.33. The van der Waals surface area contributed by atoms with Crippen molar-refractivity contribution in [3.63, 3.8) is 0 Å². The van der Waals surface area contributed by atoms with Gasteiger partial charge < -0.3 is 5.32 Å². The van der Waals surface area contributed by atoms with Gasteiger partial charge in [0.15, 0.2) is 0 Å². The predicted octanol–water partition coefficient (Wildman–Crippen LogP) is 3.56. The Bertz CT molecular complexity index is 649. The number of carbonyl (C=O) groups excluding carboxylic acids is 1. The van der Waals surface area contributed by atoms with Gasteiger partial charge in [-0.25, -0.2) is 4.39 Å². The summed E-state index contributed by atoms with van der Waals surface area (Å²) in [6, 6.07) is 14.2. The van der Waals surface area contributed by atoms with E-state index in [4.69, 9.17) is 0 Å². The van der Waals surface area contributed by atoms with E-state index in [-0.39, 0.29) is 18.1 Å². The van der Waals surface area contributed by atoms with Gasteiger partial charge in [-0.1, -0.05) is 42.5 Å². The summed E-state index contributed by atoms with van der Waals surface area (Å²) in [5.74, 6) is 0.407. The van der Waals surface area contributed by atoms with Gasteiger partial charge in [-0.3, -0.25) is 4.79 Å². The average Bonchev–Trinajstić information content (AvgIpc) is 3.31. The number of hydrogen-bond donors (Lipinski definition) is 1. The molecule has 0 saturated heterocycles. The van der Waals surface area contributed by atoms with Crippen LogP contribution in [-0.2, 0) is 11.2 Å². The van der Waals surface area contributed by atoms with Gasteiger partial charge in [0.25, 0.3) is 0 Å². The molecule has 0 radical (unpaired) electrons. The minimum absolute atomic E-state index is 0.00527. The van der Waals surface area contributed by atoms with Crippen LogP contribution in [0.1, 0.15) is 18.4 Å². The molecule has 0 unspecified atom stereocenters. The number of rotatable bonds is 5. The van der Waals surface area contributed by atoms with Crippen molar-refractivity contribution in [1.29, 1.82) is 0 Å². The Morgan fingerprint density at radius 3 is 2.43 bits per heavy atom. The molecule has 2 nitrogen and oxygen atoms in total. The van der Waals surface area contributed by atoms with Crippen molar-refractivity contribution in [2.75, 3.05) is 6.54 Å². The highest BCUT2D eigenvalue weighted by atomic mass is 19.1. The Labute approximate surface area is 124 Å². The standard InChI is InChI=1S/C18H18FNO/c19-17-8-4-3-7-16(17)15-6-2-1-5-14(15)11-18(21)20-12-13-9-10-13/h1-8,13H,9-12H2,(H,20,21). The number of nitrogens with one attached hydrogen (secondary N) is 1. The lowest BCUT2D eigenvalue weighted by molar-refractivity contribution is -0.120. The Hall–Kier alpha value is -2.16. The molecule has 0 aromatic heterocycles. The van der Waals surface area contributed by atoms with E-state index in [9.17, 15) is 9.18 Å². The second kappa shape index (κ2) is 6.08. The zero-order valence-electron chi connectivity index (χ0n) is 11.8. The molecule has 0 atom stereocenters. The van der Waals surface area contributed by atoms with Gasteiger partial charge in [0.05, 0.1) is 6.42 Å². The lowest BCUT2D eigenvalue weighted by atomic mass is 9.97. The van der Waals surface area contributed by atoms with Gasteiger partial charge in [-0.15, -0.1) is 0 Å². The van der Waals surface area contributed by atoms with E-state index >= 15 is 0 Å². The minimum atomic E-state index is -0.261. The fraction of sp³-hybridized carbons (Fsp3) is 0.278. The van der Waals surface area contributed by atoms with Gasteiger partial charge in [-0.05, 0) is 36.0 Å². The third-order valence-electron chi connectivity index (χ3n) is 3.82. The van der Waals surface area contributed by atoms with Crippen molar-refractivity contribution in [2.45, 2.75) is 19.3 Å². The van der Waals surface area contributed by atoms with E-state index in [1.54, 1.807) is 12.1 Å². The van der Waals surface area contributed by atoms with Gasteiger partial charge in [0, 0.05) is 12.1 Å².